The van der Waals surface area contributed by atoms with Crippen molar-refractivity contribution in [2.45, 2.75) is 153 Å². The number of phosphoric ester groups is 1. The molecule has 258 valence electrons. The fourth-order valence-electron chi connectivity index (χ4n) is 4.64. The van der Waals surface area contributed by atoms with E-state index in [2.05, 4.69) is 26.0 Å². The highest BCUT2D eigenvalue weighted by molar-refractivity contribution is 7.47. The lowest BCUT2D eigenvalue weighted by atomic mass is 9.85. The molecule has 0 aliphatic heterocycles. The predicted molar refractivity (Wildman–Crippen MR) is 161 cm³/mol. The molecule has 1 rings (SSSR count). The van der Waals surface area contributed by atoms with E-state index in [9.17, 15) is 44.6 Å². The zero-order valence-corrected chi connectivity index (χ0v) is 27.1. The lowest BCUT2D eigenvalue weighted by molar-refractivity contribution is -0.220. The number of carbonyl (C=O) groups excluding carboxylic acids is 2. The van der Waals surface area contributed by atoms with Gasteiger partial charge in [0.2, 0.25) is 0 Å². The minimum Gasteiger partial charge on any atom is -0.462 e. The first-order valence-electron chi connectivity index (χ1n) is 16.0. The Morgan fingerprint density at radius 2 is 1.20 bits per heavy atom. The Morgan fingerprint density at radius 3 is 1.82 bits per heavy atom. The summed E-state index contributed by atoms with van der Waals surface area (Å²) < 4.78 is 32.9. The first kappa shape index (κ1) is 40.6. The molecule has 1 fully saturated rings. The monoisotopic (exact) mass is 654 g/mol. The Balaban J connectivity index is 2.63. The van der Waals surface area contributed by atoms with Gasteiger partial charge in [-0.15, -0.1) is 0 Å². The van der Waals surface area contributed by atoms with Gasteiger partial charge in [-0.25, -0.2) is 4.57 Å². The number of hydrogen-bond donors (Lipinski definition) is 6. The Labute approximate surface area is 261 Å². The number of esters is 2. The van der Waals surface area contributed by atoms with E-state index in [0.717, 1.165) is 70.6 Å². The molecule has 6 N–H and O–H groups in total. The third-order valence-corrected chi connectivity index (χ3v) is 8.32. The van der Waals surface area contributed by atoms with Crippen LogP contribution in [-0.4, -0.2) is 98.3 Å². The molecule has 1 saturated carbocycles. The van der Waals surface area contributed by atoms with Crippen LogP contribution in [-0.2, 0) is 32.7 Å². The maximum atomic E-state index is 12.6. The third-order valence-electron chi connectivity index (χ3n) is 7.34. The van der Waals surface area contributed by atoms with E-state index in [1.807, 2.05) is 0 Å². The topological polar surface area (TPSA) is 210 Å². The molecule has 6 atom stereocenters. The first-order chi connectivity index (χ1) is 20.9. The molecule has 0 spiro atoms. The molecule has 0 saturated heterocycles. The van der Waals surface area contributed by atoms with E-state index in [0.29, 0.717) is 12.8 Å². The largest absolute Gasteiger partial charge is 0.472 e. The molecule has 1 aliphatic rings. The summed E-state index contributed by atoms with van der Waals surface area (Å²) in [5.74, 6) is -1.13. The van der Waals surface area contributed by atoms with Gasteiger partial charge in [0.05, 0.1) is 6.61 Å². The van der Waals surface area contributed by atoms with Crippen LogP contribution < -0.4 is 0 Å². The first-order valence-corrected chi connectivity index (χ1v) is 17.5. The summed E-state index contributed by atoms with van der Waals surface area (Å²) in [6, 6.07) is 0. The van der Waals surface area contributed by atoms with Crippen molar-refractivity contribution >= 4 is 19.8 Å². The summed E-state index contributed by atoms with van der Waals surface area (Å²) in [7, 11) is -5.09. The second-order valence-corrected chi connectivity index (χ2v) is 12.7. The molecular formula is C30H55O13P. The van der Waals surface area contributed by atoms with Gasteiger partial charge in [0.1, 0.15) is 43.2 Å². The van der Waals surface area contributed by atoms with Gasteiger partial charge in [-0.05, 0) is 32.1 Å². The van der Waals surface area contributed by atoms with E-state index in [4.69, 9.17) is 18.5 Å². The van der Waals surface area contributed by atoms with Gasteiger partial charge in [0.15, 0.2) is 6.10 Å². The van der Waals surface area contributed by atoms with Gasteiger partial charge in [0.25, 0.3) is 0 Å². The number of carbonyl (C=O) groups is 2. The van der Waals surface area contributed by atoms with Crippen LogP contribution in [0.2, 0.25) is 0 Å². The van der Waals surface area contributed by atoms with Crippen molar-refractivity contribution in [3.05, 3.63) is 12.2 Å². The van der Waals surface area contributed by atoms with Gasteiger partial charge in [-0.1, -0.05) is 77.4 Å². The minimum atomic E-state index is -5.09. The van der Waals surface area contributed by atoms with Crippen molar-refractivity contribution < 1.29 is 63.1 Å². The van der Waals surface area contributed by atoms with Gasteiger partial charge in [-0.3, -0.25) is 18.6 Å². The molecule has 0 aromatic carbocycles. The van der Waals surface area contributed by atoms with Crippen LogP contribution in [0.5, 0.6) is 0 Å². The summed E-state index contributed by atoms with van der Waals surface area (Å²) in [6.07, 6.45) is 3.78. The average molecular weight is 655 g/mol. The summed E-state index contributed by atoms with van der Waals surface area (Å²) >= 11 is 0. The maximum absolute atomic E-state index is 12.6. The van der Waals surface area contributed by atoms with E-state index < -0.39 is 75.7 Å². The van der Waals surface area contributed by atoms with Crippen molar-refractivity contribution in [2.24, 2.45) is 0 Å². The molecule has 14 heteroatoms. The molecule has 6 unspecified atom stereocenters. The number of aliphatic hydroxyl groups excluding tert-OH is 5. The Bertz CT molecular complexity index is 854. The normalized spacial score (nSPS) is 25.9. The van der Waals surface area contributed by atoms with Crippen LogP contribution in [0.4, 0.5) is 0 Å². The molecular weight excluding hydrogens is 599 g/mol. The van der Waals surface area contributed by atoms with Crippen molar-refractivity contribution in [1.29, 1.82) is 0 Å². The van der Waals surface area contributed by atoms with Gasteiger partial charge in [0, 0.05) is 12.8 Å². The molecule has 0 aromatic heterocycles. The Morgan fingerprint density at radius 1 is 0.682 bits per heavy atom. The Hall–Kier alpha value is -1.41. The summed E-state index contributed by atoms with van der Waals surface area (Å²) in [5, 5.41) is 49.5. The second-order valence-electron chi connectivity index (χ2n) is 11.3. The molecule has 0 aromatic rings. The molecule has 13 nitrogen and oxygen atoms in total. The van der Waals surface area contributed by atoms with Crippen molar-refractivity contribution in [3.63, 3.8) is 0 Å². The maximum Gasteiger partial charge on any atom is 0.472 e. The lowest BCUT2D eigenvalue weighted by Gasteiger charge is -2.41. The van der Waals surface area contributed by atoms with Crippen LogP contribution in [0.1, 0.15) is 110 Å². The molecule has 1 aliphatic carbocycles. The van der Waals surface area contributed by atoms with Crippen LogP contribution in [0, 0.1) is 0 Å². The van der Waals surface area contributed by atoms with Crippen LogP contribution >= 0.6 is 7.82 Å². The van der Waals surface area contributed by atoms with Crippen molar-refractivity contribution in [1.82, 2.24) is 0 Å². The molecule has 0 radical (unpaired) electrons. The second kappa shape index (κ2) is 23.0. The predicted octanol–water partition coefficient (Wildman–Crippen LogP) is 3.21. The SMILES string of the molecule is CCC/C=C\CCCCCCCC(=O)OC(COC(=O)CCCCCCC)COP(=O)(O)OC1C(O)C(O)C(O)C(O)C1O. The van der Waals surface area contributed by atoms with Crippen LogP contribution in [0.15, 0.2) is 12.2 Å². The van der Waals surface area contributed by atoms with E-state index in [1.54, 1.807) is 0 Å². The summed E-state index contributed by atoms with van der Waals surface area (Å²) in [4.78, 5) is 34.9. The van der Waals surface area contributed by atoms with Gasteiger partial charge >= 0.3 is 19.8 Å². The molecule has 0 heterocycles. The Kier molecular flexibility index (Phi) is 21.2. The number of hydrogen-bond acceptors (Lipinski definition) is 12. The zero-order valence-electron chi connectivity index (χ0n) is 26.2. The summed E-state index contributed by atoms with van der Waals surface area (Å²) in [6.45, 7) is 3.04. The molecule has 0 bridgehead atoms. The van der Waals surface area contributed by atoms with Crippen LogP contribution in [0.3, 0.4) is 0 Å². The molecule has 0 amide bonds. The highest BCUT2D eigenvalue weighted by Gasteiger charge is 2.51. The number of unbranched alkanes of at least 4 members (excludes halogenated alkanes) is 10. The number of phosphoric acid groups is 1. The highest BCUT2D eigenvalue weighted by atomic mass is 31.2. The number of aliphatic hydroxyl groups is 5. The van der Waals surface area contributed by atoms with E-state index in [-0.39, 0.29) is 12.8 Å². The zero-order chi connectivity index (χ0) is 33.0. The number of allylic oxidation sites excluding steroid dienone is 2. The lowest BCUT2D eigenvalue weighted by Crippen LogP contribution is -2.64. The van der Waals surface area contributed by atoms with E-state index >= 15 is 0 Å². The fourth-order valence-corrected chi connectivity index (χ4v) is 5.61. The van der Waals surface area contributed by atoms with Crippen LogP contribution in [0.25, 0.3) is 0 Å². The smallest absolute Gasteiger partial charge is 0.462 e. The van der Waals surface area contributed by atoms with Gasteiger partial charge in [-0.2, -0.15) is 0 Å². The van der Waals surface area contributed by atoms with Crippen molar-refractivity contribution in [3.8, 4) is 0 Å². The summed E-state index contributed by atoms with van der Waals surface area (Å²) in [5.41, 5.74) is 0. The highest BCUT2D eigenvalue weighted by Crippen LogP contribution is 2.47. The fraction of sp³-hybridized carbons (Fsp3) is 0.867. The minimum absolute atomic E-state index is 0.0874. The number of ether oxygens (including phenoxy) is 2. The molecule has 44 heavy (non-hydrogen) atoms. The third kappa shape index (κ3) is 16.8. The van der Waals surface area contributed by atoms with Gasteiger partial charge < -0.3 is 39.9 Å². The van der Waals surface area contributed by atoms with Crippen molar-refractivity contribution in [2.75, 3.05) is 13.2 Å². The van der Waals surface area contributed by atoms with E-state index in [1.165, 1.54) is 0 Å². The standard InChI is InChI=1S/C30H55O13P/c1-3-5-7-9-10-11-12-13-15-17-19-24(32)42-22(20-40-23(31)18-16-14-8-6-4-2)21-41-44(38,39)43-30-28(36)26(34)25(33)27(35)29(30)37/h7,9,22,25-30,33-37H,3-6,8,10-21H2,1-2H3,(H,38,39)/b9-7-. The quantitative estimate of drug-likeness (QED) is 0.0383. The number of rotatable bonds is 24. The average Bonchev–Trinajstić information content (AvgIpc) is 2.99.